The molecule has 6 heteroatoms. The first-order chi connectivity index (χ1) is 7.99. The van der Waals surface area contributed by atoms with Crippen LogP contribution >= 0.6 is 0 Å². The molecule has 0 aliphatic heterocycles. The number of nitrogens with one attached hydrogen (secondary N) is 1. The molecule has 1 aromatic rings. The summed E-state index contributed by atoms with van der Waals surface area (Å²) in [6, 6.07) is 3.93. The van der Waals surface area contributed by atoms with E-state index >= 15 is 0 Å². The van der Waals surface area contributed by atoms with Gasteiger partial charge in [-0.1, -0.05) is 0 Å². The number of carboxylic acid groups (broad SMARTS) is 1. The van der Waals surface area contributed by atoms with Gasteiger partial charge in [0.15, 0.2) is 0 Å². The van der Waals surface area contributed by atoms with Crippen molar-refractivity contribution in [3.8, 4) is 0 Å². The Morgan fingerprint density at radius 2 is 1.88 bits per heavy atom. The largest absolute Gasteiger partial charge is 0.507 e. The summed E-state index contributed by atoms with van der Waals surface area (Å²) in [5.41, 5.74) is 0.408. The maximum atomic E-state index is 11.5. The third kappa shape index (κ3) is 1.87. The van der Waals surface area contributed by atoms with Crippen molar-refractivity contribution < 1.29 is 24.6 Å². The first-order valence-corrected chi connectivity index (χ1v) is 4.62. The maximum Gasteiger partial charge on any atom is 0.409 e. The predicted octanol–water partition coefficient (Wildman–Crippen LogP) is 1.44. The number of carbonyl (C=O) groups is 3. The lowest BCUT2D eigenvalue weighted by Crippen LogP contribution is -2.19. The van der Waals surface area contributed by atoms with Gasteiger partial charge >= 0.3 is 6.09 Å². The van der Waals surface area contributed by atoms with Crippen LogP contribution in [-0.4, -0.2) is 27.9 Å². The fourth-order valence-corrected chi connectivity index (χ4v) is 1.56. The Kier molecular flexibility index (Phi) is 2.40. The van der Waals surface area contributed by atoms with Gasteiger partial charge in [0, 0.05) is 22.9 Å². The summed E-state index contributed by atoms with van der Waals surface area (Å²) in [5.74, 6) is -1.87. The van der Waals surface area contributed by atoms with Gasteiger partial charge in [0.25, 0.3) is 0 Å². The van der Waals surface area contributed by atoms with Crippen molar-refractivity contribution in [2.24, 2.45) is 0 Å². The molecule has 6 nitrogen and oxygen atoms in total. The predicted molar refractivity (Wildman–Crippen MR) is 58.0 cm³/mol. The Hall–Kier alpha value is -2.63. The van der Waals surface area contributed by atoms with Gasteiger partial charge < -0.3 is 10.2 Å². The van der Waals surface area contributed by atoms with Crippen molar-refractivity contribution in [3.63, 3.8) is 0 Å². The molecule has 1 aliphatic carbocycles. The number of aliphatic hydroxyl groups excluding tert-OH is 1. The third-order valence-corrected chi connectivity index (χ3v) is 2.28. The molecule has 0 fully saturated rings. The molecule has 0 aromatic heterocycles. The summed E-state index contributed by atoms with van der Waals surface area (Å²) in [7, 11) is 0. The first kappa shape index (κ1) is 10.9. The van der Waals surface area contributed by atoms with Crippen molar-refractivity contribution in [3.05, 3.63) is 35.4 Å². The standard InChI is InChI=1S/C11H7NO5/c13-8-4-9(14)10(15)6-2-1-5(3-7(6)8)12-11(16)17/h1-4,12-13H,(H,16,17). The normalized spacial score (nSPS) is 14.0. The number of amides is 1. The summed E-state index contributed by atoms with van der Waals surface area (Å²) in [6.07, 6.45) is -0.443. The zero-order valence-corrected chi connectivity index (χ0v) is 8.43. The molecule has 2 rings (SSSR count). The Morgan fingerprint density at radius 3 is 2.53 bits per heavy atom. The molecule has 0 spiro atoms. The summed E-state index contributed by atoms with van der Waals surface area (Å²) in [4.78, 5) is 33.0. The molecule has 0 bridgehead atoms. The van der Waals surface area contributed by atoms with E-state index in [1.54, 1.807) is 0 Å². The number of allylic oxidation sites excluding steroid dienone is 1. The molecule has 1 aliphatic rings. The van der Waals surface area contributed by atoms with Crippen molar-refractivity contribution in [2.45, 2.75) is 0 Å². The van der Waals surface area contributed by atoms with Crippen LogP contribution < -0.4 is 5.32 Å². The quantitative estimate of drug-likeness (QED) is 0.636. The van der Waals surface area contributed by atoms with Crippen LogP contribution in [0.2, 0.25) is 0 Å². The van der Waals surface area contributed by atoms with Gasteiger partial charge in [-0.3, -0.25) is 14.9 Å². The fourth-order valence-electron chi connectivity index (χ4n) is 1.56. The lowest BCUT2D eigenvalue weighted by molar-refractivity contribution is -0.111. The molecular formula is C11H7NO5. The lowest BCUT2D eigenvalue weighted by Gasteiger charge is -2.13. The molecule has 0 heterocycles. The van der Waals surface area contributed by atoms with E-state index in [1.165, 1.54) is 18.2 Å². The highest BCUT2D eigenvalue weighted by Crippen LogP contribution is 2.26. The molecule has 3 N–H and O–H groups in total. The second-order valence-corrected chi connectivity index (χ2v) is 3.41. The number of Topliss-reactive ketones (excluding diaryl/α,β-unsaturated/α-hetero) is 1. The second kappa shape index (κ2) is 3.75. The molecular weight excluding hydrogens is 226 g/mol. The maximum absolute atomic E-state index is 11.5. The molecule has 1 aromatic carbocycles. The molecule has 0 saturated carbocycles. The van der Waals surface area contributed by atoms with Crippen LogP contribution in [0.25, 0.3) is 5.76 Å². The number of rotatable bonds is 1. The Labute approximate surface area is 95.2 Å². The monoisotopic (exact) mass is 233 g/mol. The molecule has 0 radical (unpaired) electrons. The van der Waals surface area contributed by atoms with E-state index in [1.807, 2.05) is 0 Å². The topological polar surface area (TPSA) is 104 Å². The van der Waals surface area contributed by atoms with E-state index < -0.39 is 17.7 Å². The van der Waals surface area contributed by atoms with Crippen LogP contribution in [0.4, 0.5) is 10.5 Å². The average molecular weight is 233 g/mol. The molecule has 17 heavy (non-hydrogen) atoms. The molecule has 1 amide bonds. The van der Waals surface area contributed by atoms with Gasteiger partial charge in [0.2, 0.25) is 11.6 Å². The summed E-state index contributed by atoms with van der Waals surface area (Å²) >= 11 is 0. The van der Waals surface area contributed by atoms with Crippen LogP contribution in [0, 0.1) is 0 Å². The van der Waals surface area contributed by atoms with E-state index in [-0.39, 0.29) is 22.6 Å². The summed E-state index contributed by atoms with van der Waals surface area (Å²) < 4.78 is 0. The minimum atomic E-state index is -1.26. The summed E-state index contributed by atoms with van der Waals surface area (Å²) in [6.45, 7) is 0. The van der Waals surface area contributed by atoms with E-state index in [0.29, 0.717) is 0 Å². The van der Waals surface area contributed by atoms with Gasteiger partial charge in [0.05, 0.1) is 0 Å². The highest BCUT2D eigenvalue weighted by molar-refractivity contribution is 6.50. The number of fused-ring (bicyclic) bond motifs is 1. The SMILES string of the molecule is O=C(O)Nc1ccc2c(c1)C(O)=CC(=O)C2=O. The zero-order chi connectivity index (χ0) is 12.6. The Bertz CT molecular complexity index is 573. The van der Waals surface area contributed by atoms with Crippen LogP contribution in [0.3, 0.4) is 0 Å². The number of ketones is 2. The fraction of sp³-hybridized carbons (Fsp3) is 0. The number of benzene rings is 1. The molecule has 86 valence electrons. The molecule has 0 saturated heterocycles. The smallest absolute Gasteiger partial charge is 0.409 e. The van der Waals surface area contributed by atoms with Crippen LogP contribution in [0.5, 0.6) is 0 Å². The van der Waals surface area contributed by atoms with E-state index in [9.17, 15) is 19.5 Å². The van der Waals surface area contributed by atoms with Crippen LogP contribution in [0.15, 0.2) is 24.3 Å². The zero-order valence-electron chi connectivity index (χ0n) is 8.43. The van der Waals surface area contributed by atoms with Crippen molar-refractivity contribution >= 4 is 29.1 Å². The average Bonchev–Trinajstić information content (AvgIpc) is 2.25. The molecule has 0 atom stereocenters. The van der Waals surface area contributed by atoms with Gasteiger partial charge in [0.1, 0.15) is 5.76 Å². The lowest BCUT2D eigenvalue weighted by atomic mass is 9.93. The van der Waals surface area contributed by atoms with Gasteiger partial charge in [-0.25, -0.2) is 4.79 Å². The van der Waals surface area contributed by atoms with Crippen LogP contribution in [-0.2, 0) is 4.79 Å². The first-order valence-electron chi connectivity index (χ1n) is 4.62. The Morgan fingerprint density at radius 1 is 1.18 bits per heavy atom. The van der Waals surface area contributed by atoms with E-state index in [2.05, 4.69) is 5.32 Å². The van der Waals surface area contributed by atoms with Gasteiger partial charge in [-0.05, 0) is 18.2 Å². The minimum absolute atomic E-state index is 0.0611. The minimum Gasteiger partial charge on any atom is -0.507 e. The Balaban J connectivity index is 2.51. The van der Waals surface area contributed by atoms with Crippen molar-refractivity contribution in [1.82, 2.24) is 0 Å². The molecule has 0 unspecified atom stereocenters. The van der Waals surface area contributed by atoms with E-state index in [0.717, 1.165) is 6.08 Å². The second-order valence-electron chi connectivity index (χ2n) is 3.41. The third-order valence-electron chi connectivity index (χ3n) is 2.28. The van der Waals surface area contributed by atoms with Gasteiger partial charge in [-0.2, -0.15) is 0 Å². The highest BCUT2D eigenvalue weighted by Gasteiger charge is 2.25. The number of anilines is 1. The number of aliphatic hydroxyl groups is 1. The number of hydrogen-bond donors (Lipinski definition) is 3. The van der Waals surface area contributed by atoms with E-state index in [4.69, 9.17) is 5.11 Å². The van der Waals surface area contributed by atoms with Gasteiger partial charge in [-0.15, -0.1) is 0 Å². The van der Waals surface area contributed by atoms with Crippen LogP contribution in [0.1, 0.15) is 15.9 Å². The van der Waals surface area contributed by atoms with Crippen molar-refractivity contribution in [2.75, 3.05) is 5.32 Å². The summed E-state index contributed by atoms with van der Waals surface area (Å²) in [5, 5.41) is 20.1. The van der Waals surface area contributed by atoms with Crippen molar-refractivity contribution in [1.29, 1.82) is 0 Å². The number of hydrogen-bond acceptors (Lipinski definition) is 4. The number of carbonyl (C=O) groups excluding carboxylic acids is 2. The highest BCUT2D eigenvalue weighted by atomic mass is 16.4.